The van der Waals surface area contributed by atoms with E-state index in [1.807, 2.05) is 46.0 Å². The lowest BCUT2D eigenvalue weighted by Gasteiger charge is -2.43. The molecule has 0 fully saturated rings. The van der Waals surface area contributed by atoms with Crippen LogP contribution < -0.4 is 10.6 Å². The van der Waals surface area contributed by atoms with E-state index >= 15 is 0 Å². The lowest BCUT2D eigenvalue weighted by atomic mass is 9.69. The number of nitriles is 1. The lowest BCUT2D eigenvalue weighted by molar-refractivity contribution is -0.118. The molecule has 0 spiro atoms. The molecular formula is C22H20BrN3OS. The third-order valence-corrected chi connectivity index (χ3v) is 6.52. The monoisotopic (exact) mass is 453 g/mol. The first kappa shape index (κ1) is 19.0. The number of hydrogen-bond acceptors (Lipinski definition) is 5. The van der Waals surface area contributed by atoms with E-state index in [-0.39, 0.29) is 11.2 Å². The van der Waals surface area contributed by atoms with Crippen LogP contribution in [0.1, 0.15) is 38.2 Å². The zero-order valence-electron chi connectivity index (χ0n) is 15.7. The molecule has 2 aliphatic rings. The second-order valence-electron chi connectivity index (χ2n) is 8.02. The summed E-state index contributed by atoms with van der Waals surface area (Å²) in [7, 11) is 0. The van der Waals surface area contributed by atoms with Gasteiger partial charge in [-0.2, -0.15) is 16.6 Å². The fourth-order valence-electron chi connectivity index (χ4n) is 4.19. The van der Waals surface area contributed by atoms with Crippen molar-refractivity contribution in [3.05, 3.63) is 73.8 Å². The van der Waals surface area contributed by atoms with Crippen molar-refractivity contribution < 1.29 is 4.79 Å². The summed E-state index contributed by atoms with van der Waals surface area (Å²) < 4.78 is 0.916. The van der Waals surface area contributed by atoms with Gasteiger partial charge in [0.15, 0.2) is 5.78 Å². The maximum atomic E-state index is 13.3. The van der Waals surface area contributed by atoms with Crippen molar-refractivity contribution in [2.75, 3.05) is 4.90 Å². The third kappa shape index (κ3) is 3.09. The van der Waals surface area contributed by atoms with Gasteiger partial charge in [-0.3, -0.25) is 9.69 Å². The van der Waals surface area contributed by atoms with E-state index < -0.39 is 5.92 Å². The predicted molar refractivity (Wildman–Crippen MR) is 116 cm³/mol. The summed E-state index contributed by atoms with van der Waals surface area (Å²) in [6, 6.07) is 12.1. The number of carbonyl (C=O) groups is 1. The molecule has 1 aliphatic carbocycles. The van der Waals surface area contributed by atoms with Crippen molar-refractivity contribution in [2.45, 2.75) is 32.6 Å². The van der Waals surface area contributed by atoms with Gasteiger partial charge in [0.2, 0.25) is 0 Å². The minimum atomic E-state index is -0.391. The van der Waals surface area contributed by atoms with Crippen LogP contribution >= 0.6 is 27.3 Å². The standard InChI is InChI=1S/C22H20BrN3OS/c1-22(2)9-17-20(18(27)10-22)19(13-6-7-28-12-13)16(11-24)21(25)26(17)15-5-3-4-14(23)8-15/h3-8,12,19H,9-10,25H2,1-2H3. The van der Waals surface area contributed by atoms with E-state index in [1.54, 1.807) is 11.3 Å². The number of thiophene rings is 1. The number of nitrogens with two attached hydrogens (primary N) is 1. The van der Waals surface area contributed by atoms with E-state index in [4.69, 9.17) is 5.73 Å². The van der Waals surface area contributed by atoms with E-state index in [0.29, 0.717) is 23.4 Å². The van der Waals surface area contributed by atoms with Crippen LogP contribution in [-0.2, 0) is 4.79 Å². The van der Waals surface area contributed by atoms with E-state index in [1.165, 1.54) is 0 Å². The summed E-state index contributed by atoms with van der Waals surface area (Å²) in [6.07, 6.45) is 1.19. The van der Waals surface area contributed by atoms with Crippen molar-refractivity contribution in [3.8, 4) is 6.07 Å². The van der Waals surface area contributed by atoms with Crippen LogP contribution in [0.15, 0.2) is 68.2 Å². The van der Waals surface area contributed by atoms with Gasteiger partial charge >= 0.3 is 0 Å². The average molecular weight is 454 g/mol. The summed E-state index contributed by atoms with van der Waals surface area (Å²) in [5.41, 5.74) is 10.3. The lowest BCUT2D eigenvalue weighted by Crippen LogP contribution is -2.42. The number of halogens is 1. The number of Topliss-reactive ketones (excluding diaryl/α,β-unsaturated/α-hetero) is 1. The number of nitrogens with zero attached hydrogens (tertiary/aromatic N) is 2. The van der Waals surface area contributed by atoms with E-state index in [2.05, 4.69) is 35.8 Å². The first-order valence-electron chi connectivity index (χ1n) is 9.06. The zero-order chi connectivity index (χ0) is 20.1. The Balaban J connectivity index is 2.00. The van der Waals surface area contributed by atoms with Gasteiger partial charge in [0.25, 0.3) is 0 Å². The highest BCUT2D eigenvalue weighted by molar-refractivity contribution is 9.10. The van der Waals surface area contributed by atoms with E-state index in [9.17, 15) is 10.1 Å². The van der Waals surface area contributed by atoms with Gasteiger partial charge in [-0.25, -0.2) is 0 Å². The Kier molecular flexibility index (Phi) is 4.68. The molecule has 2 aromatic rings. The topological polar surface area (TPSA) is 70.1 Å². The molecule has 1 unspecified atom stereocenters. The number of ketones is 1. The SMILES string of the molecule is CC1(C)CC(=O)C2=C(C1)N(c1cccc(Br)c1)C(N)=C(C#N)C2c1ccsc1. The minimum Gasteiger partial charge on any atom is -0.384 e. The Morgan fingerprint density at radius 3 is 2.75 bits per heavy atom. The summed E-state index contributed by atoms with van der Waals surface area (Å²) >= 11 is 5.08. The van der Waals surface area contributed by atoms with Crippen LogP contribution in [0, 0.1) is 16.7 Å². The van der Waals surface area contributed by atoms with Gasteiger partial charge < -0.3 is 5.73 Å². The van der Waals surface area contributed by atoms with Gasteiger partial charge in [-0.15, -0.1) is 0 Å². The Labute approximate surface area is 177 Å². The predicted octanol–water partition coefficient (Wildman–Crippen LogP) is 5.45. The Morgan fingerprint density at radius 2 is 2.11 bits per heavy atom. The highest BCUT2D eigenvalue weighted by atomic mass is 79.9. The molecule has 0 amide bonds. The van der Waals surface area contributed by atoms with Crippen LogP contribution in [0.4, 0.5) is 5.69 Å². The quantitative estimate of drug-likeness (QED) is 0.655. The van der Waals surface area contributed by atoms with Gasteiger partial charge in [-0.05, 0) is 52.4 Å². The Hall–Kier alpha value is -2.36. The molecule has 4 nitrogen and oxygen atoms in total. The number of rotatable bonds is 2. The van der Waals surface area contributed by atoms with Gasteiger partial charge in [0.1, 0.15) is 5.82 Å². The van der Waals surface area contributed by atoms with Crippen molar-refractivity contribution in [2.24, 2.45) is 11.1 Å². The van der Waals surface area contributed by atoms with E-state index in [0.717, 1.165) is 27.8 Å². The summed E-state index contributed by atoms with van der Waals surface area (Å²) in [6.45, 7) is 4.21. The molecule has 6 heteroatoms. The molecule has 0 saturated carbocycles. The molecule has 0 bridgehead atoms. The zero-order valence-corrected chi connectivity index (χ0v) is 18.1. The fraction of sp³-hybridized carbons (Fsp3) is 0.273. The molecule has 28 heavy (non-hydrogen) atoms. The Bertz CT molecular complexity index is 1060. The molecule has 1 aromatic carbocycles. The highest BCUT2D eigenvalue weighted by Crippen LogP contribution is 2.50. The summed E-state index contributed by atoms with van der Waals surface area (Å²) in [5, 5.41) is 13.9. The van der Waals surface area contributed by atoms with Gasteiger partial charge in [-0.1, -0.05) is 35.8 Å². The maximum Gasteiger partial charge on any atom is 0.162 e. The van der Waals surface area contributed by atoms with Crippen molar-refractivity contribution in [1.29, 1.82) is 5.26 Å². The first-order valence-corrected chi connectivity index (χ1v) is 10.8. The van der Waals surface area contributed by atoms with Crippen LogP contribution in [0.5, 0.6) is 0 Å². The number of benzene rings is 1. The molecular weight excluding hydrogens is 434 g/mol. The van der Waals surface area contributed by atoms with Crippen LogP contribution in [0.25, 0.3) is 0 Å². The van der Waals surface area contributed by atoms with Gasteiger partial charge in [0, 0.05) is 27.9 Å². The summed E-state index contributed by atoms with van der Waals surface area (Å²) in [5.74, 6) is 0.113. The molecule has 4 rings (SSSR count). The number of allylic oxidation sites excluding steroid dienone is 3. The van der Waals surface area contributed by atoms with Crippen molar-refractivity contribution >= 4 is 38.7 Å². The van der Waals surface area contributed by atoms with Crippen LogP contribution in [0.3, 0.4) is 0 Å². The largest absolute Gasteiger partial charge is 0.384 e. The molecule has 0 saturated heterocycles. The fourth-order valence-corrected chi connectivity index (χ4v) is 5.26. The average Bonchev–Trinajstić information content (AvgIpc) is 3.14. The summed E-state index contributed by atoms with van der Waals surface area (Å²) in [4.78, 5) is 15.2. The van der Waals surface area contributed by atoms with Crippen LogP contribution in [0.2, 0.25) is 0 Å². The highest BCUT2D eigenvalue weighted by Gasteiger charge is 2.44. The second-order valence-corrected chi connectivity index (χ2v) is 9.71. The molecule has 2 heterocycles. The second kappa shape index (κ2) is 6.91. The molecule has 2 N–H and O–H groups in total. The van der Waals surface area contributed by atoms with Gasteiger partial charge in [0.05, 0.1) is 17.6 Å². The maximum absolute atomic E-state index is 13.3. The van der Waals surface area contributed by atoms with Crippen LogP contribution in [-0.4, -0.2) is 5.78 Å². The molecule has 1 aromatic heterocycles. The molecule has 1 aliphatic heterocycles. The number of hydrogen-bond donors (Lipinski definition) is 1. The van der Waals surface area contributed by atoms with Crippen molar-refractivity contribution in [1.82, 2.24) is 0 Å². The Morgan fingerprint density at radius 1 is 1.32 bits per heavy atom. The molecule has 0 radical (unpaired) electrons. The molecule has 142 valence electrons. The smallest absolute Gasteiger partial charge is 0.162 e. The normalized spacial score (nSPS) is 21.6. The third-order valence-electron chi connectivity index (χ3n) is 5.32. The number of anilines is 1. The van der Waals surface area contributed by atoms with Crippen molar-refractivity contribution in [3.63, 3.8) is 0 Å². The number of carbonyl (C=O) groups excluding carboxylic acids is 1. The first-order chi connectivity index (χ1) is 13.3. The minimum absolute atomic E-state index is 0.0997. The molecule has 1 atom stereocenters.